The standard InChI is InChI=1S/C16H14N4O4/c1-7-10-11(8-4-3-5-9(6-8)23-2)12-13(21)17-16(22)18-14(12)24-15(10)20-19-7/h3-6,11H,1-2H3,(H,19,20)(H2,17,18,21,22). The Morgan fingerprint density at radius 3 is 2.83 bits per heavy atom. The normalized spacial score (nSPS) is 15.3. The maximum atomic E-state index is 12.4. The molecule has 0 saturated heterocycles. The van der Waals surface area contributed by atoms with Crippen molar-refractivity contribution in [1.29, 1.82) is 0 Å². The van der Waals surface area contributed by atoms with E-state index in [1.807, 2.05) is 31.2 Å². The van der Waals surface area contributed by atoms with Crippen LogP contribution in [0, 0.1) is 6.92 Å². The summed E-state index contributed by atoms with van der Waals surface area (Å²) in [4.78, 5) is 28.8. The maximum Gasteiger partial charge on any atom is 0.328 e. The minimum Gasteiger partial charge on any atom is -0.497 e. The van der Waals surface area contributed by atoms with Gasteiger partial charge in [0.1, 0.15) is 5.75 Å². The van der Waals surface area contributed by atoms with Crippen molar-refractivity contribution >= 4 is 0 Å². The number of hydrogen-bond acceptors (Lipinski definition) is 5. The Morgan fingerprint density at radius 1 is 1.21 bits per heavy atom. The van der Waals surface area contributed by atoms with E-state index < -0.39 is 17.2 Å². The lowest BCUT2D eigenvalue weighted by atomic mass is 9.85. The molecule has 2 aromatic heterocycles. The summed E-state index contributed by atoms with van der Waals surface area (Å²) in [6.07, 6.45) is 0. The summed E-state index contributed by atoms with van der Waals surface area (Å²) in [5, 5.41) is 6.99. The summed E-state index contributed by atoms with van der Waals surface area (Å²) in [6, 6.07) is 7.41. The lowest BCUT2D eigenvalue weighted by molar-refractivity contribution is 0.408. The summed E-state index contributed by atoms with van der Waals surface area (Å²) in [5.41, 5.74) is 1.59. The molecule has 24 heavy (non-hydrogen) atoms. The Hall–Kier alpha value is -3.29. The van der Waals surface area contributed by atoms with Gasteiger partial charge < -0.3 is 9.47 Å². The van der Waals surface area contributed by atoms with Crippen LogP contribution in [-0.4, -0.2) is 27.3 Å². The van der Waals surface area contributed by atoms with Crippen molar-refractivity contribution in [2.24, 2.45) is 0 Å². The first-order valence-electron chi connectivity index (χ1n) is 7.31. The van der Waals surface area contributed by atoms with Crippen molar-refractivity contribution in [3.8, 4) is 17.5 Å². The third kappa shape index (κ3) is 2.03. The van der Waals surface area contributed by atoms with Crippen molar-refractivity contribution in [2.45, 2.75) is 12.8 Å². The zero-order valence-electron chi connectivity index (χ0n) is 13.0. The number of aromatic nitrogens is 4. The number of H-pyrrole nitrogens is 3. The van der Waals surface area contributed by atoms with Crippen molar-refractivity contribution < 1.29 is 9.47 Å². The van der Waals surface area contributed by atoms with Crippen LogP contribution in [0.15, 0.2) is 33.9 Å². The van der Waals surface area contributed by atoms with Crippen LogP contribution in [0.5, 0.6) is 17.5 Å². The minimum absolute atomic E-state index is 0.107. The van der Waals surface area contributed by atoms with Crippen LogP contribution in [0.3, 0.4) is 0 Å². The number of fused-ring (bicyclic) bond motifs is 2. The molecule has 0 aliphatic carbocycles. The fourth-order valence-corrected chi connectivity index (χ4v) is 3.05. The van der Waals surface area contributed by atoms with Gasteiger partial charge in [0.05, 0.1) is 18.6 Å². The van der Waals surface area contributed by atoms with Gasteiger partial charge in [0, 0.05) is 11.3 Å². The Bertz CT molecular complexity index is 1050. The zero-order chi connectivity index (χ0) is 16.8. The van der Waals surface area contributed by atoms with Gasteiger partial charge in [-0.25, -0.2) is 4.79 Å². The molecule has 1 aromatic carbocycles. The third-order valence-electron chi connectivity index (χ3n) is 4.11. The van der Waals surface area contributed by atoms with Gasteiger partial charge in [-0.15, -0.1) is 5.10 Å². The molecule has 0 spiro atoms. The van der Waals surface area contributed by atoms with Gasteiger partial charge in [-0.1, -0.05) is 12.1 Å². The van der Waals surface area contributed by atoms with Gasteiger partial charge in [0.25, 0.3) is 5.56 Å². The SMILES string of the molecule is COc1cccc(C2c3c(n[nH]c3C)Oc3[nH]c(=O)[nH]c(=O)c32)c1. The second-order valence-electron chi connectivity index (χ2n) is 5.53. The highest BCUT2D eigenvalue weighted by molar-refractivity contribution is 5.55. The summed E-state index contributed by atoms with van der Waals surface area (Å²) < 4.78 is 10.9. The Labute approximate surface area is 135 Å². The molecule has 0 radical (unpaired) electrons. The number of ether oxygens (including phenoxy) is 2. The molecule has 1 aliphatic rings. The molecule has 3 heterocycles. The Kier molecular flexibility index (Phi) is 3.05. The van der Waals surface area contributed by atoms with Crippen molar-refractivity contribution in [1.82, 2.24) is 20.2 Å². The van der Waals surface area contributed by atoms with Crippen molar-refractivity contribution in [3.05, 3.63) is 67.5 Å². The highest BCUT2D eigenvalue weighted by Crippen LogP contribution is 2.45. The fourth-order valence-electron chi connectivity index (χ4n) is 3.05. The number of aromatic amines is 3. The van der Waals surface area contributed by atoms with E-state index in [0.717, 1.165) is 16.8 Å². The number of rotatable bonds is 2. The topological polar surface area (TPSA) is 113 Å². The smallest absolute Gasteiger partial charge is 0.328 e. The van der Waals surface area contributed by atoms with Crippen LogP contribution in [0.4, 0.5) is 0 Å². The molecule has 0 fully saturated rings. The predicted octanol–water partition coefficient (Wildman–Crippen LogP) is 1.39. The van der Waals surface area contributed by atoms with Crippen LogP contribution in [0.25, 0.3) is 0 Å². The first kappa shape index (κ1) is 14.3. The van der Waals surface area contributed by atoms with Gasteiger partial charge in [-0.2, -0.15) is 0 Å². The summed E-state index contributed by atoms with van der Waals surface area (Å²) in [6.45, 7) is 1.85. The highest BCUT2D eigenvalue weighted by Gasteiger charge is 2.35. The average molecular weight is 326 g/mol. The molecule has 0 amide bonds. The lowest BCUT2D eigenvalue weighted by Gasteiger charge is -2.24. The van der Waals surface area contributed by atoms with E-state index in [0.29, 0.717) is 17.2 Å². The quantitative estimate of drug-likeness (QED) is 0.515. The van der Waals surface area contributed by atoms with Gasteiger partial charge in [-0.05, 0) is 24.6 Å². The van der Waals surface area contributed by atoms with E-state index in [1.165, 1.54) is 0 Å². The second-order valence-corrected chi connectivity index (χ2v) is 5.53. The van der Waals surface area contributed by atoms with Crippen molar-refractivity contribution in [2.75, 3.05) is 7.11 Å². The third-order valence-corrected chi connectivity index (χ3v) is 4.11. The number of aryl methyl sites for hydroxylation is 1. The highest BCUT2D eigenvalue weighted by atomic mass is 16.5. The zero-order valence-corrected chi connectivity index (χ0v) is 13.0. The van der Waals surface area contributed by atoms with E-state index in [9.17, 15) is 9.59 Å². The van der Waals surface area contributed by atoms with Gasteiger partial charge in [0.15, 0.2) is 0 Å². The molecule has 1 unspecified atom stereocenters. The molecule has 4 rings (SSSR count). The van der Waals surface area contributed by atoms with E-state index in [-0.39, 0.29) is 5.88 Å². The molecule has 3 aromatic rings. The first-order chi connectivity index (χ1) is 11.6. The summed E-state index contributed by atoms with van der Waals surface area (Å²) >= 11 is 0. The number of nitrogens with zero attached hydrogens (tertiary/aromatic N) is 1. The van der Waals surface area contributed by atoms with Crippen molar-refractivity contribution in [3.63, 3.8) is 0 Å². The maximum absolute atomic E-state index is 12.4. The van der Waals surface area contributed by atoms with E-state index >= 15 is 0 Å². The fraction of sp³-hybridized carbons (Fsp3) is 0.188. The van der Waals surface area contributed by atoms with Gasteiger partial charge >= 0.3 is 5.69 Å². The van der Waals surface area contributed by atoms with E-state index in [1.54, 1.807) is 7.11 Å². The van der Waals surface area contributed by atoms with Crippen LogP contribution in [-0.2, 0) is 0 Å². The molecular weight excluding hydrogens is 312 g/mol. The summed E-state index contributed by atoms with van der Waals surface area (Å²) in [7, 11) is 1.58. The molecule has 122 valence electrons. The lowest BCUT2D eigenvalue weighted by Crippen LogP contribution is -2.30. The predicted molar refractivity (Wildman–Crippen MR) is 85.0 cm³/mol. The monoisotopic (exact) mass is 326 g/mol. The molecular formula is C16H14N4O4. The molecule has 1 atom stereocenters. The number of benzene rings is 1. The molecule has 8 heteroatoms. The minimum atomic E-state index is -0.626. The second kappa shape index (κ2) is 5.12. The number of nitrogens with one attached hydrogen (secondary N) is 3. The molecule has 1 aliphatic heterocycles. The summed E-state index contributed by atoms with van der Waals surface area (Å²) in [5.74, 6) is 0.687. The van der Waals surface area contributed by atoms with Gasteiger partial charge in [-0.3, -0.25) is 19.9 Å². The molecule has 0 bridgehead atoms. The Balaban J connectivity index is 2.04. The average Bonchev–Trinajstić information content (AvgIpc) is 2.93. The molecule has 8 nitrogen and oxygen atoms in total. The van der Waals surface area contributed by atoms with Crippen LogP contribution in [0.2, 0.25) is 0 Å². The molecule has 3 N–H and O–H groups in total. The first-order valence-corrected chi connectivity index (χ1v) is 7.31. The number of hydrogen-bond donors (Lipinski definition) is 3. The Morgan fingerprint density at radius 2 is 2.04 bits per heavy atom. The molecule has 0 saturated carbocycles. The number of methoxy groups -OCH3 is 1. The van der Waals surface area contributed by atoms with Crippen LogP contribution in [0.1, 0.15) is 28.3 Å². The van der Waals surface area contributed by atoms with Crippen LogP contribution >= 0.6 is 0 Å². The van der Waals surface area contributed by atoms with Crippen LogP contribution < -0.4 is 20.7 Å². The van der Waals surface area contributed by atoms with E-state index in [2.05, 4.69) is 20.2 Å². The van der Waals surface area contributed by atoms with E-state index in [4.69, 9.17) is 9.47 Å². The van der Waals surface area contributed by atoms with Gasteiger partial charge in [0.2, 0.25) is 11.8 Å². The largest absolute Gasteiger partial charge is 0.497 e.